The van der Waals surface area contributed by atoms with Crippen molar-refractivity contribution in [1.29, 1.82) is 0 Å². The van der Waals surface area contributed by atoms with Crippen molar-refractivity contribution in [1.82, 2.24) is 4.90 Å². The third-order valence-corrected chi connectivity index (χ3v) is 4.16. The van der Waals surface area contributed by atoms with Crippen LogP contribution in [0.1, 0.15) is 49.0 Å². The molecule has 2 heteroatoms. The average molecular weight is 247 g/mol. The van der Waals surface area contributed by atoms with Crippen molar-refractivity contribution in [3.8, 4) is 0 Å². The van der Waals surface area contributed by atoms with Gasteiger partial charge in [-0.3, -0.25) is 4.90 Å². The predicted octanol–water partition coefficient (Wildman–Crippen LogP) is 3.21. The molecule has 18 heavy (non-hydrogen) atoms. The molecule has 2 atom stereocenters. The number of aryl methyl sites for hydroxylation is 2. The number of hydrogen-bond donors (Lipinski definition) is 1. The van der Waals surface area contributed by atoms with Crippen molar-refractivity contribution in [2.24, 2.45) is 0 Å². The van der Waals surface area contributed by atoms with E-state index in [9.17, 15) is 5.11 Å². The quantitative estimate of drug-likeness (QED) is 0.883. The van der Waals surface area contributed by atoms with E-state index in [1.807, 2.05) is 0 Å². The fraction of sp³-hybridized carbons (Fsp3) is 0.625. The normalized spacial score (nSPS) is 22.3. The van der Waals surface area contributed by atoms with Gasteiger partial charge in [-0.05, 0) is 50.8 Å². The third kappa shape index (κ3) is 2.93. The van der Waals surface area contributed by atoms with Gasteiger partial charge in [0.2, 0.25) is 0 Å². The smallest absolute Gasteiger partial charge is 0.0919 e. The molecule has 2 nitrogen and oxygen atoms in total. The summed E-state index contributed by atoms with van der Waals surface area (Å²) in [6, 6.07) is 6.99. The number of likely N-dealkylation sites (tertiary alicyclic amines) is 1. The topological polar surface area (TPSA) is 23.5 Å². The first-order valence-electron chi connectivity index (χ1n) is 7.11. The number of rotatable bonds is 4. The summed E-state index contributed by atoms with van der Waals surface area (Å²) < 4.78 is 0. The van der Waals surface area contributed by atoms with Gasteiger partial charge in [-0.1, -0.05) is 30.7 Å². The lowest BCUT2D eigenvalue weighted by atomic mass is 10.0. The summed E-state index contributed by atoms with van der Waals surface area (Å²) in [7, 11) is 0. The van der Waals surface area contributed by atoms with E-state index in [1.54, 1.807) is 0 Å². The standard InChI is InChI=1S/C16H25NO/c1-4-14-6-5-9-17(14)11-16(18)15-8-7-12(2)10-13(15)3/h7-8,10,14,16,18H,4-6,9,11H2,1-3H3. The predicted molar refractivity (Wildman–Crippen MR) is 75.8 cm³/mol. The number of benzene rings is 1. The molecule has 0 bridgehead atoms. The van der Waals surface area contributed by atoms with E-state index in [4.69, 9.17) is 0 Å². The third-order valence-electron chi connectivity index (χ3n) is 4.16. The molecule has 0 saturated carbocycles. The van der Waals surface area contributed by atoms with Gasteiger partial charge in [-0.2, -0.15) is 0 Å². The maximum absolute atomic E-state index is 10.4. The van der Waals surface area contributed by atoms with Crippen molar-refractivity contribution in [2.45, 2.75) is 52.2 Å². The van der Waals surface area contributed by atoms with Crippen LogP contribution in [-0.4, -0.2) is 29.1 Å². The minimum atomic E-state index is -0.349. The molecule has 0 aliphatic carbocycles. The Morgan fingerprint density at radius 3 is 2.83 bits per heavy atom. The molecule has 1 heterocycles. The van der Waals surface area contributed by atoms with Crippen molar-refractivity contribution in [3.63, 3.8) is 0 Å². The molecule has 0 amide bonds. The summed E-state index contributed by atoms with van der Waals surface area (Å²) in [5.41, 5.74) is 3.55. The molecule has 1 aliphatic rings. The second-order valence-corrected chi connectivity index (χ2v) is 5.58. The van der Waals surface area contributed by atoms with Crippen LogP contribution in [0.15, 0.2) is 18.2 Å². The number of β-amino-alcohol motifs (C(OH)–C–C–N with tert-alkyl or cyclic N) is 1. The van der Waals surface area contributed by atoms with Crippen LogP contribution in [0.25, 0.3) is 0 Å². The van der Waals surface area contributed by atoms with Crippen LogP contribution in [0.3, 0.4) is 0 Å². The highest BCUT2D eigenvalue weighted by Gasteiger charge is 2.25. The molecule has 0 aromatic heterocycles. The van der Waals surface area contributed by atoms with Crippen LogP contribution in [-0.2, 0) is 0 Å². The van der Waals surface area contributed by atoms with Crippen molar-refractivity contribution in [3.05, 3.63) is 34.9 Å². The molecule has 2 unspecified atom stereocenters. The van der Waals surface area contributed by atoms with Gasteiger partial charge in [-0.25, -0.2) is 0 Å². The molecule has 1 fully saturated rings. The first-order valence-corrected chi connectivity index (χ1v) is 7.11. The molecular weight excluding hydrogens is 222 g/mol. The first kappa shape index (κ1) is 13.6. The second-order valence-electron chi connectivity index (χ2n) is 5.58. The molecule has 2 rings (SSSR count). The van der Waals surface area contributed by atoms with Gasteiger partial charge in [0.05, 0.1) is 6.10 Å². The van der Waals surface area contributed by atoms with Gasteiger partial charge in [0.25, 0.3) is 0 Å². The van der Waals surface area contributed by atoms with Crippen LogP contribution in [0.2, 0.25) is 0 Å². The van der Waals surface area contributed by atoms with Crippen molar-refractivity contribution >= 4 is 0 Å². The Morgan fingerprint density at radius 1 is 1.39 bits per heavy atom. The van der Waals surface area contributed by atoms with E-state index < -0.39 is 0 Å². The Morgan fingerprint density at radius 2 is 2.17 bits per heavy atom. The summed E-state index contributed by atoms with van der Waals surface area (Å²) in [5.74, 6) is 0. The summed E-state index contributed by atoms with van der Waals surface area (Å²) in [6.07, 6.45) is 3.41. The largest absolute Gasteiger partial charge is 0.387 e. The Kier molecular flexibility index (Phi) is 4.41. The zero-order chi connectivity index (χ0) is 13.1. The lowest BCUT2D eigenvalue weighted by Crippen LogP contribution is -2.33. The lowest BCUT2D eigenvalue weighted by molar-refractivity contribution is 0.105. The highest BCUT2D eigenvalue weighted by atomic mass is 16.3. The zero-order valence-corrected chi connectivity index (χ0v) is 11.8. The lowest BCUT2D eigenvalue weighted by Gasteiger charge is -2.26. The summed E-state index contributed by atoms with van der Waals surface area (Å²) in [5, 5.41) is 10.4. The first-order chi connectivity index (χ1) is 8.61. The van der Waals surface area contributed by atoms with E-state index >= 15 is 0 Å². The van der Waals surface area contributed by atoms with E-state index in [1.165, 1.54) is 30.4 Å². The number of nitrogens with zero attached hydrogens (tertiary/aromatic N) is 1. The van der Waals surface area contributed by atoms with Gasteiger partial charge in [0.15, 0.2) is 0 Å². The second kappa shape index (κ2) is 5.85. The zero-order valence-electron chi connectivity index (χ0n) is 11.8. The van der Waals surface area contributed by atoms with Gasteiger partial charge >= 0.3 is 0 Å². The van der Waals surface area contributed by atoms with Gasteiger partial charge in [0.1, 0.15) is 0 Å². The SMILES string of the molecule is CCC1CCCN1CC(O)c1ccc(C)cc1C. The monoisotopic (exact) mass is 247 g/mol. The van der Waals surface area contributed by atoms with Crippen LogP contribution in [0.4, 0.5) is 0 Å². The molecule has 0 spiro atoms. The Bertz CT molecular complexity index is 402. The molecule has 0 radical (unpaired) electrons. The fourth-order valence-electron chi connectivity index (χ4n) is 3.12. The van der Waals surface area contributed by atoms with Gasteiger partial charge < -0.3 is 5.11 Å². The summed E-state index contributed by atoms with van der Waals surface area (Å²) in [4.78, 5) is 2.45. The van der Waals surface area contributed by atoms with Crippen LogP contribution < -0.4 is 0 Å². The number of aliphatic hydroxyl groups is 1. The maximum atomic E-state index is 10.4. The van der Waals surface area contributed by atoms with Crippen LogP contribution in [0.5, 0.6) is 0 Å². The highest BCUT2D eigenvalue weighted by molar-refractivity contribution is 5.32. The van der Waals surface area contributed by atoms with E-state index in [0.29, 0.717) is 6.04 Å². The number of aliphatic hydroxyl groups excluding tert-OH is 1. The molecule has 1 saturated heterocycles. The Labute approximate surface area is 111 Å². The van der Waals surface area contributed by atoms with E-state index in [0.717, 1.165) is 18.7 Å². The van der Waals surface area contributed by atoms with E-state index in [-0.39, 0.29) is 6.10 Å². The van der Waals surface area contributed by atoms with Gasteiger partial charge in [-0.15, -0.1) is 0 Å². The molecule has 1 aromatic rings. The molecular formula is C16H25NO. The molecule has 1 N–H and O–H groups in total. The maximum Gasteiger partial charge on any atom is 0.0919 e. The minimum absolute atomic E-state index is 0.349. The fourth-order valence-corrected chi connectivity index (χ4v) is 3.12. The summed E-state index contributed by atoms with van der Waals surface area (Å²) in [6.45, 7) is 8.35. The van der Waals surface area contributed by atoms with E-state index in [2.05, 4.69) is 43.9 Å². The highest BCUT2D eigenvalue weighted by Crippen LogP contribution is 2.25. The van der Waals surface area contributed by atoms with Crippen molar-refractivity contribution < 1.29 is 5.11 Å². The molecule has 1 aromatic carbocycles. The average Bonchev–Trinajstić information content (AvgIpc) is 2.76. The van der Waals surface area contributed by atoms with Crippen LogP contribution >= 0.6 is 0 Å². The van der Waals surface area contributed by atoms with Crippen molar-refractivity contribution in [2.75, 3.05) is 13.1 Å². The number of hydrogen-bond acceptors (Lipinski definition) is 2. The van der Waals surface area contributed by atoms with Crippen LogP contribution in [0, 0.1) is 13.8 Å². The summed E-state index contributed by atoms with van der Waals surface area (Å²) >= 11 is 0. The van der Waals surface area contributed by atoms with Gasteiger partial charge in [0, 0.05) is 12.6 Å². The minimum Gasteiger partial charge on any atom is -0.387 e. The molecule has 100 valence electrons. The Hall–Kier alpha value is -0.860. The Balaban J connectivity index is 2.05. The molecule has 1 aliphatic heterocycles.